The van der Waals surface area contributed by atoms with E-state index in [1.165, 1.54) is 5.56 Å². The number of hydrogen-bond acceptors (Lipinski definition) is 2. The number of hydrogen-bond donors (Lipinski definition) is 0. The molecule has 0 fully saturated rings. The topological polar surface area (TPSA) is 40.6 Å². The van der Waals surface area contributed by atoms with E-state index >= 15 is 0 Å². The number of carbonyl (C=O) groups is 2. The zero-order valence-electron chi connectivity index (χ0n) is 13.0. The Balaban J connectivity index is 1.91. The van der Waals surface area contributed by atoms with Crippen LogP contribution in [0, 0.1) is 0 Å². The Morgan fingerprint density at radius 3 is 2.71 bits per heavy atom. The molecule has 0 N–H and O–H groups in total. The van der Waals surface area contributed by atoms with Crippen molar-refractivity contribution in [1.82, 2.24) is 4.90 Å². The molecule has 1 aliphatic rings. The van der Waals surface area contributed by atoms with Crippen molar-refractivity contribution in [2.75, 3.05) is 24.5 Å². The van der Waals surface area contributed by atoms with Crippen LogP contribution in [-0.4, -0.2) is 36.3 Å². The summed E-state index contributed by atoms with van der Waals surface area (Å²) < 4.78 is 0. The highest BCUT2D eigenvalue weighted by Crippen LogP contribution is 2.27. The van der Waals surface area contributed by atoms with Gasteiger partial charge in [-0.25, -0.2) is 0 Å². The number of unbranched alkanes of at least 4 members (excludes halogenated alkanes) is 1. The molecule has 0 unspecified atom stereocenters. The van der Waals surface area contributed by atoms with Crippen LogP contribution in [-0.2, 0) is 16.0 Å². The van der Waals surface area contributed by atoms with Crippen LogP contribution in [0.1, 0.15) is 38.7 Å². The molecule has 2 rings (SSSR count). The molecule has 1 aromatic rings. The standard InChI is InChI=1S/C17H24N2O2/c1-3-4-11-18(14(2)20)12-10-17(21)19-13-9-15-7-5-6-8-16(15)19/h5-8H,3-4,9-13H2,1-2H3. The zero-order chi connectivity index (χ0) is 15.2. The molecule has 1 aromatic carbocycles. The number of amides is 2. The molecular formula is C17H24N2O2. The number of fused-ring (bicyclic) bond motifs is 1. The Kier molecular flexibility index (Phi) is 5.37. The van der Waals surface area contributed by atoms with Crippen LogP contribution in [0.25, 0.3) is 0 Å². The van der Waals surface area contributed by atoms with Crippen molar-refractivity contribution >= 4 is 17.5 Å². The van der Waals surface area contributed by atoms with Gasteiger partial charge in [0.2, 0.25) is 11.8 Å². The maximum absolute atomic E-state index is 12.4. The molecule has 0 aliphatic carbocycles. The van der Waals surface area contributed by atoms with Crippen molar-refractivity contribution in [3.05, 3.63) is 29.8 Å². The van der Waals surface area contributed by atoms with Crippen LogP contribution in [0.3, 0.4) is 0 Å². The fourth-order valence-electron chi connectivity index (χ4n) is 2.74. The van der Waals surface area contributed by atoms with Gasteiger partial charge in [-0.2, -0.15) is 0 Å². The molecule has 2 amide bonds. The van der Waals surface area contributed by atoms with Gasteiger partial charge in [-0.15, -0.1) is 0 Å². The molecule has 0 atom stereocenters. The fourth-order valence-corrected chi connectivity index (χ4v) is 2.74. The largest absolute Gasteiger partial charge is 0.342 e. The lowest BCUT2D eigenvalue weighted by Crippen LogP contribution is -2.36. The number of rotatable bonds is 6. The Morgan fingerprint density at radius 1 is 1.24 bits per heavy atom. The maximum Gasteiger partial charge on any atom is 0.228 e. The van der Waals surface area contributed by atoms with E-state index in [1.54, 1.807) is 11.8 Å². The van der Waals surface area contributed by atoms with Gasteiger partial charge in [0.1, 0.15) is 0 Å². The van der Waals surface area contributed by atoms with Gasteiger partial charge in [0, 0.05) is 38.7 Å². The molecule has 1 aliphatic heterocycles. The molecule has 114 valence electrons. The van der Waals surface area contributed by atoms with Crippen molar-refractivity contribution in [2.24, 2.45) is 0 Å². The highest BCUT2D eigenvalue weighted by atomic mass is 16.2. The maximum atomic E-state index is 12.4. The summed E-state index contributed by atoms with van der Waals surface area (Å²) in [5.41, 5.74) is 2.27. The van der Waals surface area contributed by atoms with Crippen LogP contribution >= 0.6 is 0 Å². The summed E-state index contributed by atoms with van der Waals surface area (Å²) in [7, 11) is 0. The van der Waals surface area contributed by atoms with Gasteiger partial charge in [-0.05, 0) is 24.5 Å². The summed E-state index contributed by atoms with van der Waals surface area (Å²) in [6, 6.07) is 8.05. The summed E-state index contributed by atoms with van der Waals surface area (Å²) in [5, 5.41) is 0. The predicted octanol–water partition coefficient (Wildman–Crippen LogP) is 2.61. The van der Waals surface area contributed by atoms with E-state index in [0.717, 1.165) is 38.0 Å². The van der Waals surface area contributed by atoms with E-state index in [4.69, 9.17) is 0 Å². The predicted molar refractivity (Wildman–Crippen MR) is 84.3 cm³/mol. The normalized spacial score (nSPS) is 13.1. The third-order valence-electron chi connectivity index (χ3n) is 4.01. The van der Waals surface area contributed by atoms with Crippen molar-refractivity contribution in [3.63, 3.8) is 0 Å². The van der Waals surface area contributed by atoms with Gasteiger partial charge in [0.25, 0.3) is 0 Å². The summed E-state index contributed by atoms with van der Waals surface area (Å²) in [6.45, 7) is 5.70. The molecule has 0 bridgehead atoms. The Morgan fingerprint density at radius 2 is 2.00 bits per heavy atom. The van der Waals surface area contributed by atoms with Crippen molar-refractivity contribution in [3.8, 4) is 0 Å². The lowest BCUT2D eigenvalue weighted by molar-refractivity contribution is -0.129. The van der Waals surface area contributed by atoms with Crippen molar-refractivity contribution in [1.29, 1.82) is 0 Å². The second-order valence-corrected chi connectivity index (χ2v) is 5.53. The van der Waals surface area contributed by atoms with Crippen LogP contribution in [0.5, 0.6) is 0 Å². The van der Waals surface area contributed by atoms with Crippen LogP contribution in [0.15, 0.2) is 24.3 Å². The van der Waals surface area contributed by atoms with Crippen LogP contribution in [0.2, 0.25) is 0 Å². The first kappa shape index (κ1) is 15.5. The average molecular weight is 288 g/mol. The van der Waals surface area contributed by atoms with E-state index in [2.05, 4.69) is 13.0 Å². The van der Waals surface area contributed by atoms with Gasteiger partial charge >= 0.3 is 0 Å². The summed E-state index contributed by atoms with van der Waals surface area (Å²) in [4.78, 5) is 27.6. The lowest BCUT2D eigenvalue weighted by Gasteiger charge is -2.23. The Hall–Kier alpha value is -1.84. The molecule has 0 aromatic heterocycles. The highest BCUT2D eigenvalue weighted by Gasteiger charge is 2.24. The number of carbonyl (C=O) groups excluding carboxylic acids is 2. The molecule has 4 nitrogen and oxygen atoms in total. The van der Waals surface area contributed by atoms with E-state index in [0.29, 0.717) is 13.0 Å². The molecular weight excluding hydrogens is 264 g/mol. The first-order chi connectivity index (χ1) is 10.1. The number of benzene rings is 1. The average Bonchev–Trinajstić information content (AvgIpc) is 2.90. The molecule has 1 heterocycles. The van der Waals surface area contributed by atoms with E-state index in [-0.39, 0.29) is 11.8 Å². The Labute approximate surface area is 126 Å². The minimum atomic E-state index is 0.0538. The number of para-hydroxylation sites is 1. The third kappa shape index (κ3) is 3.84. The molecule has 4 heteroatoms. The minimum absolute atomic E-state index is 0.0538. The minimum Gasteiger partial charge on any atom is -0.342 e. The molecule has 0 radical (unpaired) electrons. The van der Waals surface area contributed by atoms with Gasteiger partial charge in [0.05, 0.1) is 0 Å². The SMILES string of the molecule is CCCCN(CCC(=O)N1CCc2ccccc21)C(C)=O. The Bertz CT molecular complexity index is 513. The number of anilines is 1. The van der Waals surface area contributed by atoms with Crippen LogP contribution in [0.4, 0.5) is 5.69 Å². The summed E-state index contributed by atoms with van der Waals surface area (Å²) >= 11 is 0. The van der Waals surface area contributed by atoms with Gasteiger partial charge in [0.15, 0.2) is 0 Å². The van der Waals surface area contributed by atoms with Crippen LogP contribution < -0.4 is 4.90 Å². The molecule has 0 spiro atoms. The second-order valence-electron chi connectivity index (χ2n) is 5.53. The monoisotopic (exact) mass is 288 g/mol. The third-order valence-corrected chi connectivity index (χ3v) is 4.01. The first-order valence-corrected chi connectivity index (χ1v) is 7.77. The summed E-state index contributed by atoms with van der Waals surface area (Å²) in [5.74, 6) is 0.167. The van der Waals surface area contributed by atoms with Crippen molar-refractivity contribution < 1.29 is 9.59 Å². The number of nitrogens with zero attached hydrogens (tertiary/aromatic N) is 2. The summed E-state index contributed by atoms with van der Waals surface area (Å²) in [6.07, 6.45) is 3.36. The molecule has 0 saturated carbocycles. The van der Waals surface area contributed by atoms with Gasteiger partial charge < -0.3 is 9.80 Å². The first-order valence-electron chi connectivity index (χ1n) is 7.77. The second kappa shape index (κ2) is 7.25. The fraction of sp³-hybridized carbons (Fsp3) is 0.529. The van der Waals surface area contributed by atoms with Crippen molar-refractivity contribution in [2.45, 2.75) is 39.5 Å². The quantitative estimate of drug-likeness (QED) is 0.807. The smallest absolute Gasteiger partial charge is 0.228 e. The highest BCUT2D eigenvalue weighted by molar-refractivity contribution is 5.95. The lowest BCUT2D eigenvalue weighted by atomic mass is 10.2. The van der Waals surface area contributed by atoms with Gasteiger partial charge in [-0.1, -0.05) is 31.5 Å². The van der Waals surface area contributed by atoms with E-state index < -0.39 is 0 Å². The van der Waals surface area contributed by atoms with E-state index in [1.807, 2.05) is 23.1 Å². The van der Waals surface area contributed by atoms with E-state index in [9.17, 15) is 9.59 Å². The molecule has 0 saturated heterocycles. The molecule has 21 heavy (non-hydrogen) atoms. The zero-order valence-corrected chi connectivity index (χ0v) is 13.0. The van der Waals surface area contributed by atoms with Gasteiger partial charge in [-0.3, -0.25) is 9.59 Å².